The molecule has 1 rings (SSSR count). The molecule has 1 amide bonds. The molecule has 0 aliphatic rings. The first kappa shape index (κ1) is 15.9. The van der Waals surface area contributed by atoms with Crippen molar-refractivity contribution in [3.8, 4) is 0 Å². The zero-order valence-corrected chi connectivity index (χ0v) is 12.2. The van der Waals surface area contributed by atoms with Gasteiger partial charge in [-0.05, 0) is 23.6 Å². The molecule has 4 nitrogen and oxygen atoms in total. The van der Waals surface area contributed by atoms with Gasteiger partial charge in [0.05, 0.1) is 10.8 Å². The third-order valence-electron chi connectivity index (χ3n) is 2.20. The summed E-state index contributed by atoms with van der Waals surface area (Å²) in [4.78, 5) is 11.4. The summed E-state index contributed by atoms with van der Waals surface area (Å²) in [7, 11) is -3.82. The Hall–Kier alpha value is -1.14. The molecule has 19 heavy (non-hydrogen) atoms. The first-order valence-electron chi connectivity index (χ1n) is 5.67. The van der Waals surface area contributed by atoms with Crippen molar-refractivity contribution in [1.29, 1.82) is 0 Å². The molecule has 0 saturated carbocycles. The zero-order valence-electron chi connectivity index (χ0n) is 10.6. The molecule has 7 heteroatoms. The molecule has 0 radical (unpaired) electrons. The highest BCUT2D eigenvalue weighted by atomic mass is 35.5. The van der Waals surface area contributed by atoms with Crippen molar-refractivity contribution in [2.75, 3.05) is 0 Å². The van der Waals surface area contributed by atoms with E-state index in [-0.39, 0.29) is 22.9 Å². The van der Waals surface area contributed by atoms with Crippen molar-refractivity contribution in [2.45, 2.75) is 26.0 Å². The number of halogens is 2. The number of rotatable bonds is 5. The van der Waals surface area contributed by atoms with Crippen molar-refractivity contribution >= 4 is 27.5 Å². The quantitative estimate of drug-likeness (QED) is 0.909. The number of hydrogen-bond acceptors (Lipinski definition) is 3. The fourth-order valence-corrected chi connectivity index (χ4v) is 2.71. The van der Waals surface area contributed by atoms with Gasteiger partial charge in [-0.2, -0.15) is 0 Å². The van der Waals surface area contributed by atoms with Crippen LogP contribution in [0.5, 0.6) is 0 Å². The number of carbonyl (C=O) groups excluding carboxylic acids is 1. The Kier molecular flexibility index (Phi) is 5.31. The van der Waals surface area contributed by atoms with Crippen LogP contribution in [0.2, 0.25) is 5.02 Å². The molecular weight excluding hydrogens is 293 g/mol. The molecule has 1 aromatic rings. The minimum atomic E-state index is -3.82. The zero-order chi connectivity index (χ0) is 14.6. The maximum absolute atomic E-state index is 13.2. The summed E-state index contributed by atoms with van der Waals surface area (Å²) in [5.74, 6) is -1.67. The molecule has 0 bridgehead atoms. The first-order valence-corrected chi connectivity index (χ1v) is 7.70. The maximum atomic E-state index is 13.2. The van der Waals surface area contributed by atoms with Crippen molar-refractivity contribution in [1.82, 2.24) is 4.72 Å². The summed E-state index contributed by atoms with van der Waals surface area (Å²) in [6.07, 6.45) is 0.119. The van der Waals surface area contributed by atoms with Crippen molar-refractivity contribution < 1.29 is 17.6 Å². The molecule has 1 N–H and O–H groups in total. The normalized spacial score (nSPS) is 11.6. The van der Waals surface area contributed by atoms with Crippen LogP contribution in [0, 0.1) is 11.7 Å². The molecule has 0 saturated heterocycles. The van der Waals surface area contributed by atoms with E-state index in [2.05, 4.69) is 0 Å². The molecule has 106 valence electrons. The van der Waals surface area contributed by atoms with Crippen LogP contribution in [0.1, 0.15) is 25.8 Å². The van der Waals surface area contributed by atoms with Crippen LogP contribution in [0.4, 0.5) is 4.39 Å². The lowest BCUT2D eigenvalue weighted by atomic mass is 10.1. The second-order valence-electron chi connectivity index (χ2n) is 4.63. The van der Waals surface area contributed by atoms with E-state index in [0.29, 0.717) is 0 Å². The Balaban J connectivity index is 2.74. The smallest absolute Gasteiger partial charge is 0.239 e. The Morgan fingerprint density at radius 3 is 2.58 bits per heavy atom. The molecular formula is C12H15ClFNO3S. The molecule has 0 aliphatic heterocycles. The second-order valence-corrected chi connectivity index (χ2v) is 6.76. The lowest BCUT2D eigenvalue weighted by Crippen LogP contribution is -2.32. The molecule has 1 aromatic carbocycles. The lowest BCUT2D eigenvalue weighted by molar-refractivity contribution is -0.120. The average molecular weight is 308 g/mol. The van der Waals surface area contributed by atoms with Gasteiger partial charge in [-0.1, -0.05) is 31.5 Å². The van der Waals surface area contributed by atoms with Crippen LogP contribution < -0.4 is 4.72 Å². The largest absolute Gasteiger partial charge is 0.274 e. The predicted octanol–water partition coefficient (Wildman–Crippen LogP) is 2.47. The van der Waals surface area contributed by atoms with Gasteiger partial charge in [0.15, 0.2) is 0 Å². The van der Waals surface area contributed by atoms with Crippen LogP contribution in [-0.2, 0) is 20.6 Å². The summed E-state index contributed by atoms with van der Waals surface area (Å²) in [6.45, 7) is 3.61. The van der Waals surface area contributed by atoms with Gasteiger partial charge in [0.25, 0.3) is 0 Å². The highest BCUT2D eigenvalue weighted by Gasteiger charge is 2.17. The summed E-state index contributed by atoms with van der Waals surface area (Å²) >= 11 is 5.50. The minimum Gasteiger partial charge on any atom is -0.274 e. The standard InChI is InChI=1S/C12H15ClFNO3S/c1-8(2)5-12(16)15-19(17,18)7-9-3-4-10(13)11(14)6-9/h3-4,6,8H,5,7H2,1-2H3,(H,15,16). The minimum absolute atomic E-state index is 0.0585. The van der Waals surface area contributed by atoms with Gasteiger partial charge in [0.1, 0.15) is 5.82 Å². The highest BCUT2D eigenvalue weighted by Crippen LogP contribution is 2.17. The summed E-state index contributed by atoms with van der Waals surface area (Å²) in [6, 6.07) is 3.71. The van der Waals surface area contributed by atoms with Crippen LogP contribution in [0.15, 0.2) is 18.2 Å². The van der Waals surface area contributed by atoms with E-state index in [0.717, 1.165) is 6.07 Å². The number of carbonyl (C=O) groups is 1. The van der Waals surface area contributed by atoms with E-state index in [4.69, 9.17) is 11.6 Å². The van der Waals surface area contributed by atoms with Crippen molar-refractivity contribution in [3.63, 3.8) is 0 Å². The van der Waals surface area contributed by atoms with E-state index < -0.39 is 27.5 Å². The van der Waals surface area contributed by atoms with Gasteiger partial charge in [-0.3, -0.25) is 9.52 Å². The molecule has 0 atom stereocenters. The number of benzene rings is 1. The second kappa shape index (κ2) is 6.34. The number of hydrogen-bond donors (Lipinski definition) is 1. The third kappa shape index (κ3) is 5.57. The van der Waals surface area contributed by atoms with Crippen molar-refractivity contribution in [3.05, 3.63) is 34.6 Å². The third-order valence-corrected chi connectivity index (χ3v) is 3.76. The highest BCUT2D eigenvalue weighted by molar-refractivity contribution is 7.89. The van der Waals surface area contributed by atoms with Crippen LogP contribution in [0.3, 0.4) is 0 Å². The van der Waals surface area contributed by atoms with Gasteiger partial charge in [-0.15, -0.1) is 0 Å². The van der Waals surface area contributed by atoms with E-state index in [1.54, 1.807) is 13.8 Å². The molecule has 0 aliphatic carbocycles. The van der Waals surface area contributed by atoms with Gasteiger partial charge >= 0.3 is 0 Å². The Morgan fingerprint density at radius 2 is 2.05 bits per heavy atom. The van der Waals surface area contributed by atoms with Gasteiger partial charge < -0.3 is 0 Å². The van der Waals surface area contributed by atoms with Gasteiger partial charge in [0.2, 0.25) is 15.9 Å². The fraction of sp³-hybridized carbons (Fsp3) is 0.417. The summed E-state index contributed by atoms with van der Waals surface area (Å²) in [5.41, 5.74) is 0.228. The van der Waals surface area contributed by atoms with Gasteiger partial charge in [0, 0.05) is 6.42 Å². The Morgan fingerprint density at radius 1 is 1.42 bits per heavy atom. The van der Waals surface area contributed by atoms with Crippen molar-refractivity contribution in [2.24, 2.45) is 5.92 Å². The first-order chi connectivity index (χ1) is 8.69. The molecule has 0 fully saturated rings. The monoisotopic (exact) mass is 307 g/mol. The molecule has 0 heterocycles. The number of nitrogens with one attached hydrogen (secondary N) is 1. The van der Waals surface area contributed by atoms with E-state index in [1.165, 1.54) is 12.1 Å². The van der Waals surface area contributed by atoms with E-state index >= 15 is 0 Å². The summed E-state index contributed by atoms with van der Waals surface area (Å²) < 4.78 is 38.5. The fourth-order valence-electron chi connectivity index (χ4n) is 1.47. The van der Waals surface area contributed by atoms with E-state index in [1.807, 2.05) is 4.72 Å². The maximum Gasteiger partial charge on any atom is 0.239 e. The number of sulfonamides is 1. The Labute approximate surface area is 117 Å². The average Bonchev–Trinajstić information content (AvgIpc) is 2.20. The van der Waals surface area contributed by atoms with Crippen LogP contribution in [-0.4, -0.2) is 14.3 Å². The van der Waals surface area contributed by atoms with E-state index in [9.17, 15) is 17.6 Å². The van der Waals surface area contributed by atoms with Crippen LogP contribution >= 0.6 is 11.6 Å². The SMILES string of the molecule is CC(C)CC(=O)NS(=O)(=O)Cc1ccc(Cl)c(F)c1. The lowest BCUT2D eigenvalue weighted by Gasteiger charge is -2.08. The predicted molar refractivity (Wildman–Crippen MR) is 71.6 cm³/mol. The number of amides is 1. The van der Waals surface area contributed by atoms with Gasteiger partial charge in [-0.25, -0.2) is 12.8 Å². The molecule has 0 spiro atoms. The Bertz CT molecular complexity index is 572. The summed E-state index contributed by atoms with van der Waals surface area (Å²) in [5, 5.41) is -0.0787. The molecule has 0 aromatic heterocycles. The topological polar surface area (TPSA) is 63.2 Å². The molecule has 0 unspecified atom stereocenters. The van der Waals surface area contributed by atoms with Crippen LogP contribution in [0.25, 0.3) is 0 Å².